The Bertz CT molecular complexity index is 1280. The van der Waals surface area contributed by atoms with Gasteiger partial charge in [-0.15, -0.1) is 0 Å². The predicted molar refractivity (Wildman–Crippen MR) is 139 cm³/mol. The van der Waals surface area contributed by atoms with Gasteiger partial charge in [-0.1, -0.05) is 92.5 Å². The minimum atomic E-state index is -0.977. The molecule has 3 atom stereocenters. The molecule has 1 spiro atoms. The molecule has 2 aromatic carbocycles. The van der Waals surface area contributed by atoms with Crippen molar-refractivity contribution in [2.24, 2.45) is 11.8 Å². The third-order valence-corrected chi connectivity index (χ3v) is 7.87. The van der Waals surface area contributed by atoms with E-state index >= 15 is 0 Å². The van der Waals surface area contributed by atoms with Gasteiger partial charge < -0.3 is 5.32 Å². The number of carbonyl (C=O) groups is 2. The SMILES string of the molecule is CC(C)(C)c1ccc(C2=C[C@@]3(C(=O)Nc4cc(Cl)ccc43)[C@H](C3C=CC=C(Cl)C3)CC2=O)cc1. The van der Waals surface area contributed by atoms with Gasteiger partial charge in [-0.25, -0.2) is 0 Å². The van der Waals surface area contributed by atoms with Crippen molar-refractivity contribution in [3.05, 3.63) is 93.5 Å². The molecule has 1 amide bonds. The van der Waals surface area contributed by atoms with Gasteiger partial charge in [-0.2, -0.15) is 0 Å². The van der Waals surface area contributed by atoms with E-state index in [1.165, 1.54) is 5.56 Å². The number of benzene rings is 2. The monoisotopic (exact) mass is 491 g/mol. The molecule has 34 heavy (non-hydrogen) atoms. The lowest BCUT2D eigenvalue weighted by atomic mass is 9.59. The minimum Gasteiger partial charge on any atom is -0.325 e. The number of Topliss-reactive ketones (excluding diaryl/α,β-unsaturated/α-hetero) is 1. The second-order valence-corrected chi connectivity index (χ2v) is 11.4. The van der Waals surface area contributed by atoms with Crippen LogP contribution in [-0.2, 0) is 20.4 Å². The summed E-state index contributed by atoms with van der Waals surface area (Å²) in [4.78, 5) is 27.3. The standard InChI is InChI=1S/C29H27Cl2NO2/c1-28(2,3)19-9-7-17(8-10-19)22-16-29(23-12-11-21(31)14-25(23)32-27(29)34)24(15-26(22)33)18-5-4-6-20(30)13-18/h4-12,14,16,18,24H,13,15H2,1-3H3,(H,32,34)/t18?,24-,29-/m0/s1. The van der Waals surface area contributed by atoms with Crippen LogP contribution in [0.4, 0.5) is 5.69 Å². The van der Waals surface area contributed by atoms with Crippen LogP contribution in [0.25, 0.3) is 5.57 Å². The van der Waals surface area contributed by atoms with Gasteiger partial charge in [0.15, 0.2) is 5.78 Å². The summed E-state index contributed by atoms with van der Waals surface area (Å²) in [6, 6.07) is 13.6. The smallest absolute Gasteiger partial charge is 0.239 e. The van der Waals surface area contributed by atoms with Gasteiger partial charge in [0.2, 0.25) is 5.91 Å². The van der Waals surface area contributed by atoms with Crippen molar-refractivity contribution in [1.82, 2.24) is 0 Å². The molecular weight excluding hydrogens is 465 g/mol. The molecule has 3 nitrogen and oxygen atoms in total. The number of ketones is 1. The molecule has 0 fully saturated rings. The van der Waals surface area contributed by atoms with E-state index < -0.39 is 5.41 Å². The van der Waals surface area contributed by atoms with Gasteiger partial charge >= 0.3 is 0 Å². The molecule has 3 aliphatic rings. The maximum atomic E-state index is 13.7. The van der Waals surface area contributed by atoms with Gasteiger partial charge in [-0.3, -0.25) is 9.59 Å². The van der Waals surface area contributed by atoms with E-state index in [4.69, 9.17) is 23.2 Å². The highest BCUT2D eigenvalue weighted by molar-refractivity contribution is 6.31. The molecular formula is C29H27Cl2NO2. The second kappa shape index (κ2) is 8.25. The highest BCUT2D eigenvalue weighted by atomic mass is 35.5. The zero-order valence-electron chi connectivity index (χ0n) is 19.5. The average molecular weight is 492 g/mol. The molecule has 0 aromatic heterocycles. The number of allylic oxidation sites excluding steroid dienone is 5. The van der Waals surface area contributed by atoms with Crippen molar-refractivity contribution in [2.75, 3.05) is 5.32 Å². The molecule has 1 heterocycles. The molecule has 2 aliphatic carbocycles. The molecule has 0 radical (unpaired) electrons. The number of fused-ring (bicyclic) bond motifs is 2. The van der Waals surface area contributed by atoms with Crippen LogP contribution in [-0.4, -0.2) is 11.7 Å². The van der Waals surface area contributed by atoms with Crippen molar-refractivity contribution in [3.63, 3.8) is 0 Å². The van der Waals surface area contributed by atoms with Crippen LogP contribution >= 0.6 is 23.2 Å². The lowest BCUT2D eigenvalue weighted by Crippen LogP contribution is -2.47. The van der Waals surface area contributed by atoms with Gasteiger partial charge in [0.25, 0.3) is 0 Å². The van der Waals surface area contributed by atoms with Crippen LogP contribution in [0.1, 0.15) is 50.3 Å². The number of halogens is 2. The molecule has 0 saturated carbocycles. The number of hydrogen-bond acceptors (Lipinski definition) is 2. The molecule has 1 aliphatic heterocycles. The van der Waals surface area contributed by atoms with E-state index in [1.807, 2.05) is 42.5 Å². The fraction of sp³-hybridized carbons (Fsp3) is 0.310. The normalized spacial score (nSPS) is 26.3. The number of carbonyl (C=O) groups excluding carboxylic acids is 2. The maximum Gasteiger partial charge on any atom is 0.239 e. The molecule has 2 aromatic rings. The van der Waals surface area contributed by atoms with Crippen molar-refractivity contribution >= 4 is 46.2 Å². The summed E-state index contributed by atoms with van der Waals surface area (Å²) in [5, 5.41) is 4.34. The molecule has 174 valence electrons. The van der Waals surface area contributed by atoms with Crippen molar-refractivity contribution < 1.29 is 9.59 Å². The quantitative estimate of drug-likeness (QED) is 0.482. The Morgan fingerprint density at radius 1 is 1.00 bits per heavy atom. The zero-order valence-corrected chi connectivity index (χ0v) is 21.0. The number of hydrogen-bond donors (Lipinski definition) is 1. The Hall–Kier alpha value is -2.62. The summed E-state index contributed by atoms with van der Waals surface area (Å²) in [5.41, 5.74) is 3.23. The van der Waals surface area contributed by atoms with Gasteiger partial charge in [0, 0.05) is 27.7 Å². The first-order chi connectivity index (χ1) is 16.1. The van der Waals surface area contributed by atoms with Crippen LogP contribution in [0.5, 0.6) is 0 Å². The molecule has 1 N–H and O–H groups in total. The first-order valence-corrected chi connectivity index (χ1v) is 12.4. The lowest BCUT2D eigenvalue weighted by molar-refractivity contribution is -0.123. The number of amides is 1. The van der Waals surface area contributed by atoms with Crippen LogP contribution in [0, 0.1) is 11.8 Å². The summed E-state index contributed by atoms with van der Waals surface area (Å²) in [7, 11) is 0. The van der Waals surface area contributed by atoms with Gasteiger partial charge in [0.05, 0.1) is 5.41 Å². The van der Waals surface area contributed by atoms with E-state index in [-0.39, 0.29) is 35.4 Å². The summed E-state index contributed by atoms with van der Waals surface area (Å²) in [6.45, 7) is 6.48. The summed E-state index contributed by atoms with van der Waals surface area (Å²) in [6.07, 6.45) is 8.65. The molecule has 0 saturated heterocycles. The van der Waals surface area contributed by atoms with E-state index in [2.05, 4.69) is 44.3 Å². The van der Waals surface area contributed by atoms with Crippen LogP contribution in [0.15, 0.2) is 71.8 Å². The van der Waals surface area contributed by atoms with Crippen molar-refractivity contribution in [3.8, 4) is 0 Å². The Labute approximate surface area is 210 Å². The molecule has 0 bridgehead atoms. The van der Waals surface area contributed by atoms with E-state index in [9.17, 15) is 9.59 Å². The lowest BCUT2D eigenvalue weighted by Gasteiger charge is -2.41. The number of anilines is 1. The Kier molecular flexibility index (Phi) is 5.61. The Morgan fingerprint density at radius 2 is 1.74 bits per heavy atom. The van der Waals surface area contributed by atoms with Crippen molar-refractivity contribution in [1.29, 1.82) is 0 Å². The second-order valence-electron chi connectivity index (χ2n) is 10.5. The number of rotatable bonds is 2. The zero-order chi connectivity index (χ0) is 24.3. The highest BCUT2D eigenvalue weighted by Gasteiger charge is 2.56. The number of nitrogens with one attached hydrogen (secondary N) is 1. The first-order valence-electron chi connectivity index (χ1n) is 11.6. The van der Waals surface area contributed by atoms with Crippen LogP contribution in [0.2, 0.25) is 5.02 Å². The third-order valence-electron chi connectivity index (χ3n) is 7.36. The van der Waals surface area contributed by atoms with Crippen LogP contribution < -0.4 is 5.32 Å². The maximum absolute atomic E-state index is 13.7. The van der Waals surface area contributed by atoms with Gasteiger partial charge in [-0.05, 0) is 58.6 Å². The van der Waals surface area contributed by atoms with Crippen LogP contribution in [0.3, 0.4) is 0 Å². The molecule has 5 rings (SSSR count). The largest absolute Gasteiger partial charge is 0.325 e. The fourth-order valence-electron chi connectivity index (χ4n) is 5.55. The topological polar surface area (TPSA) is 46.2 Å². The third kappa shape index (κ3) is 3.76. The van der Waals surface area contributed by atoms with E-state index in [0.717, 1.165) is 16.2 Å². The molecule has 5 heteroatoms. The average Bonchev–Trinajstić information content (AvgIpc) is 3.05. The van der Waals surface area contributed by atoms with E-state index in [1.54, 1.807) is 6.07 Å². The minimum absolute atomic E-state index is 0.0133. The highest BCUT2D eigenvalue weighted by Crippen LogP contribution is 2.54. The summed E-state index contributed by atoms with van der Waals surface area (Å²) in [5.74, 6) is -0.354. The predicted octanol–water partition coefficient (Wildman–Crippen LogP) is 7.20. The van der Waals surface area contributed by atoms with Crippen molar-refractivity contribution in [2.45, 2.75) is 44.4 Å². The molecule has 1 unspecified atom stereocenters. The first kappa shape index (κ1) is 23.1. The fourth-order valence-corrected chi connectivity index (χ4v) is 5.97. The Balaban J connectivity index is 1.68. The summed E-state index contributed by atoms with van der Waals surface area (Å²) < 4.78 is 0. The van der Waals surface area contributed by atoms with Gasteiger partial charge in [0.1, 0.15) is 0 Å². The summed E-state index contributed by atoms with van der Waals surface area (Å²) >= 11 is 12.6. The van der Waals surface area contributed by atoms with E-state index in [0.29, 0.717) is 22.7 Å². The Morgan fingerprint density at radius 3 is 2.41 bits per heavy atom.